The molecule has 1 amide bonds. The van der Waals surface area contributed by atoms with Crippen LogP contribution < -0.4 is 8.92 Å². The molecule has 184 valence electrons. The van der Waals surface area contributed by atoms with Gasteiger partial charge < -0.3 is 13.8 Å². The molecule has 0 N–H and O–H groups in total. The minimum Gasteiger partial charge on any atom is -0.493 e. The number of benzene rings is 3. The lowest BCUT2D eigenvalue weighted by atomic mass is 10.1. The number of hydrogen-bond acceptors (Lipinski definition) is 5. The number of carbonyl (C=O) groups is 1. The number of ether oxygens (including phenoxy) is 1. The molecule has 0 radical (unpaired) electrons. The van der Waals surface area contributed by atoms with Gasteiger partial charge in [0.1, 0.15) is 10.7 Å². The van der Waals surface area contributed by atoms with Crippen molar-refractivity contribution in [3.8, 4) is 11.5 Å². The molecular formula is C27H28FNO5S. The van der Waals surface area contributed by atoms with Crippen LogP contribution in [0, 0.1) is 11.7 Å². The molecule has 3 aromatic rings. The SMILES string of the molecule is COc1ccc(CN(CC(C)C)C(=O)C=Cc2ccccc2)cc1OS(=O)(=O)c1ccc(F)cc1. The van der Waals surface area contributed by atoms with Crippen molar-refractivity contribution in [2.75, 3.05) is 13.7 Å². The molecule has 0 aliphatic heterocycles. The van der Waals surface area contributed by atoms with Gasteiger partial charge in [-0.2, -0.15) is 8.42 Å². The third kappa shape index (κ3) is 7.42. The molecule has 0 unspecified atom stereocenters. The summed E-state index contributed by atoms with van der Waals surface area (Å²) in [4.78, 5) is 14.5. The molecule has 35 heavy (non-hydrogen) atoms. The molecule has 3 rings (SSSR count). The number of carbonyl (C=O) groups excluding carboxylic acids is 1. The van der Waals surface area contributed by atoms with Crippen molar-refractivity contribution in [2.45, 2.75) is 25.3 Å². The van der Waals surface area contributed by atoms with E-state index in [9.17, 15) is 17.6 Å². The van der Waals surface area contributed by atoms with Gasteiger partial charge in [-0.15, -0.1) is 0 Å². The van der Waals surface area contributed by atoms with Gasteiger partial charge in [0.15, 0.2) is 11.5 Å². The van der Waals surface area contributed by atoms with E-state index in [1.807, 2.05) is 44.2 Å². The molecule has 0 aromatic heterocycles. The topological polar surface area (TPSA) is 72.9 Å². The largest absolute Gasteiger partial charge is 0.493 e. The fraction of sp³-hybridized carbons (Fsp3) is 0.222. The van der Waals surface area contributed by atoms with Crippen molar-refractivity contribution in [2.24, 2.45) is 5.92 Å². The van der Waals surface area contributed by atoms with Crippen molar-refractivity contribution in [3.05, 3.63) is 95.8 Å². The van der Waals surface area contributed by atoms with Crippen molar-refractivity contribution in [1.82, 2.24) is 4.90 Å². The molecule has 0 saturated heterocycles. The highest BCUT2D eigenvalue weighted by molar-refractivity contribution is 7.87. The van der Waals surface area contributed by atoms with Gasteiger partial charge in [-0.25, -0.2) is 4.39 Å². The first kappa shape index (κ1) is 26.0. The summed E-state index contributed by atoms with van der Waals surface area (Å²) in [5, 5.41) is 0. The van der Waals surface area contributed by atoms with Crippen LogP contribution in [-0.2, 0) is 21.5 Å². The van der Waals surface area contributed by atoms with Crippen LogP contribution in [0.15, 0.2) is 83.8 Å². The summed E-state index contributed by atoms with van der Waals surface area (Å²) in [5.41, 5.74) is 1.58. The van der Waals surface area contributed by atoms with E-state index in [4.69, 9.17) is 8.92 Å². The number of rotatable bonds is 10. The Hall–Kier alpha value is -3.65. The zero-order valence-corrected chi connectivity index (χ0v) is 20.7. The summed E-state index contributed by atoms with van der Waals surface area (Å²) < 4.78 is 49.2. The fourth-order valence-electron chi connectivity index (χ4n) is 3.38. The van der Waals surface area contributed by atoms with Gasteiger partial charge in [0.05, 0.1) is 7.11 Å². The van der Waals surface area contributed by atoms with Crippen LogP contribution >= 0.6 is 0 Å². The summed E-state index contributed by atoms with van der Waals surface area (Å²) in [5.74, 6) is -0.312. The first-order chi connectivity index (χ1) is 16.7. The minimum absolute atomic E-state index is 0.0221. The monoisotopic (exact) mass is 497 g/mol. The van der Waals surface area contributed by atoms with Crippen LogP contribution in [0.1, 0.15) is 25.0 Å². The lowest BCUT2D eigenvalue weighted by Crippen LogP contribution is -2.32. The van der Waals surface area contributed by atoms with Gasteiger partial charge in [0.25, 0.3) is 0 Å². The Kier molecular flexibility index (Phi) is 8.65. The second kappa shape index (κ2) is 11.7. The number of halogens is 1. The Bertz CT molecular complexity index is 1270. The van der Waals surface area contributed by atoms with Crippen LogP contribution in [0.3, 0.4) is 0 Å². The Morgan fingerprint density at radius 1 is 1.00 bits per heavy atom. The predicted octanol–water partition coefficient (Wildman–Crippen LogP) is 5.30. The van der Waals surface area contributed by atoms with Gasteiger partial charge in [-0.1, -0.05) is 50.2 Å². The standard InChI is InChI=1S/C27H28FNO5S/c1-20(2)18-29(27(30)16-10-21-7-5-4-6-8-21)19-22-9-15-25(33-3)26(17-22)34-35(31,32)24-13-11-23(28)12-14-24/h4-17,20H,18-19H2,1-3H3. The first-order valence-electron chi connectivity index (χ1n) is 11.1. The van der Waals surface area contributed by atoms with Crippen molar-refractivity contribution in [3.63, 3.8) is 0 Å². The highest BCUT2D eigenvalue weighted by Gasteiger charge is 2.21. The van der Waals surface area contributed by atoms with Crippen LogP contribution in [0.25, 0.3) is 6.08 Å². The second-order valence-corrected chi connectivity index (χ2v) is 9.88. The summed E-state index contributed by atoms with van der Waals surface area (Å²) in [6, 6.07) is 18.7. The van der Waals surface area contributed by atoms with E-state index in [-0.39, 0.29) is 34.8 Å². The molecule has 6 nitrogen and oxygen atoms in total. The summed E-state index contributed by atoms with van der Waals surface area (Å²) in [6.45, 7) is 4.78. The Labute approximate surface area is 205 Å². The maximum Gasteiger partial charge on any atom is 0.339 e. The van der Waals surface area contributed by atoms with Crippen LogP contribution in [0.2, 0.25) is 0 Å². The predicted molar refractivity (Wildman–Crippen MR) is 133 cm³/mol. The van der Waals surface area contributed by atoms with E-state index >= 15 is 0 Å². The van der Waals surface area contributed by atoms with Gasteiger partial charge in [-0.05, 0) is 59.5 Å². The third-order valence-electron chi connectivity index (χ3n) is 5.02. The maximum atomic E-state index is 13.2. The molecule has 8 heteroatoms. The Morgan fingerprint density at radius 2 is 1.69 bits per heavy atom. The normalized spacial score (nSPS) is 11.6. The van der Waals surface area contributed by atoms with Crippen LogP contribution in [0.4, 0.5) is 4.39 Å². The average Bonchev–Trinajstić information content (AvgIpc) is 2.83. The van der Waals surface area contributed by atoms with E-state index in [1.165, 1.54) is 19.3 Å². The second-order valence-electron chi connectivity index (χ2n) is 8.33. The summed E-state index contributed by atoms with van der Waals surface area (Å²) in [6.07, 6.45) is 3.28. The highest BCUT2D eigenvalue weighted by Crippen LogP contribution is 2.31. The van der Waals surface area contributed by atoms with Gasteiger partial charge in [0, 0.05) is 19.2 Å². The molecular weight excluding hydrogens is 469 g/mol. The van der Waals surface area contributed by atoms with E-state index in [0.717, 1.165) is 29.8 Å². The molecule has 0 bridgehead atoms. The number of nitrogens with zero attached hydrogens (tertiary/aromatic N) is 1. The molecule has 0 spiro atoms. The van der Waals surface area contributed by atoms with Gasteiger partial charge in [-0.3, -0.25) is 4.79 Å². The van der Waals surface area contributed by atoms with Gasteiger partial charge in [0.2, 0.25) is 5.91 Å². The number of amides is 1. The van der Waals surface area contributed by atoms with E-state index in [0.29, 0.717) is 12.1 Å². The van der Waals surface area contributed by atoms with E-state index in [2.05, 4.69) is 0 Å². The maximum absolute atomic E-state index is 13.2. The average molecular weight is 498 g/mol. The molecule has 0 atom stereocenters. The van der Waals surface area contributed by atoms with Crippen molar-refractivity contribution in [1.29, 1.82) is 0 Å². The van der Waals surface area contributed by atoms with Crippen LogP contribution in [-0.4, -0.2) is 32.9 Å². The smallest absolute Gasteiger partial charge is 0.339 e. The summed E-state index contributed by atoms with van der Waals surface area (Å²) in [7, 11) is -2.82. The van der Waals surface area contributed by atoms with E-state index < -0.39 is 15.9 Å². The number of methoxy groups -OCH3 is 1. The molecule has 3 aromatic carbocycles. The molecule has 0 aliphatic carbocycles. The Balaban J connectivity index is 1.84. The Morgan fingerprint density at radius 3 is 2.31 bits per heavy atom. The minimum atomic E-state index is -4.22. The van der Waals surface area contributed by atoms with Crippen molar-refractivity contribution >= 4 is 22.1 Å². The van der Waals surface area contributed by atoms with Crippen LogP contribution in [0.5, 0.6) is 11.5 Å². The van der Waals surface area contributed by atoms with Gasteiger partial charge >= 0.3 is 10.1 Å². The molecule has 0 heterocycles. The zero-order valence-electron chi connectivity index (χ0n) is 19.8. The third-order valence-corrected chi connectivity index (χ3v) is 6.27. The lowest BCUT2D eigenvalue weighted by molar-refractivity contribution is -0.127. The molecule has 0 aliphatic rings. The fourth-order valence-corrected chi connectivity index (χ4v) is 4.32. The first-order valence-corrected chi connectivity index (χ1v) is 12.5. The molecule has 0 saturated carbocycles. The van der Waals surface area contributed by atoms with E-state index in [1.54, 1.807) is 23.1 Å². The quantitative estimate of drug-likeness (QED) is 0.281. The number of hydrogen-bond donors (Lipinski definition) is 0. The molecule has 0 fully saturated rings. The van der Waals surface area contributed by atoms with Crippen molar-refractivity contribution < 1.29 is 26.5 Å². The lowest BCUT2D eigenvalue weighted by Gasteiger charge is -2.24. The highest BCUT2D eigenvalue weighted by atomic mass is 32.2. The summed E-state index contributed by atoms with van der Waals surface area (Å²) >= 11 is 0. The zero-order chi connectivity index (χ0) is 25.4.